The molecule has 1 heterocycles. The largest absolute Gasteiger partial charge is 0.511 e. The number of nitrogens with zero attached hydrogens (tertiary/aromatic N) is 1. The number of phenols is 1. The summed E-state index contributed by atoms with van der Waals surface area (Å²) in [5, 5.41) is 34.3. The monoisotopic (exact) mass is 293 g/mol. The van der Waals surface area contributed by atoms with Crippen molar-refractivity contribution in [2.45, 2.75) is 0 Å². The van der Waals surface area contributed by atoms with E-state index < -0.39 is 12.1 Å². The Morgan fingerprint density at radius 1 is 0.952 bits per heavy atom. The molecule has 2 rings (SSSR count). The Hall–Kier alpha value is -3.29. The fraction of sp³-hybridized carbons (Fsp3) is 0. The van der Waals surface area contributed by atoms with E-state index in [1.165, 1.54) is 30.5 Å². The van der Waals surface area contributed by atoms with Crippen LogP contribution in [0.25, 0.3) is 0 Å². The second-order valence-electron chi connectivity index (χ2n) is 3.51. The van der Waals surface area contributed by atoms with E-state index in [1.54, 1.807) is 12.1 Å². The summed E-state index contributed by atoms with van der Waals surface area (Å²) in [4.78, 5) is 23.6. The number of rotatable bonds is 2. The van der Waals surface area contributed by atoms with Gasteiger partial charge in [-0.3, -0.25) is 0 Å². The molecule has 21 heavy (non-hydrogen) atoms. The molecule has 0 saturated heterocycles. The molecule has 8 nitrogen and oxygen atoms in total. The Kier molecular flexibility index (Phi) is 5.51. The number of carboxylic acids is 1. The SMILES string of the molecule is O=C(O)Oc1ccccc1O.O=C(O)c1ncccc1O. The molecule has 1 aromatic heterocycles. The molecule has 0 aliphatic heterocycles. The molecule has 0 aliphatic rings. The first-order chi connectivity index (χ1) is 9.91. The molecule has 0 unspecified atom stereocenters. The van der Waals surface area contributed by atoms with Crippen LogP contribution in [0.5, 0.6) is 17.2 Å². The highest BCUT2D eigenvalue weighted by atomic mass is 16.7. The van der Waals surface area contributed by atoms with Crippen molar-refractivity contribution < 1.29 is 34.8 Å². The zero-order valence-corrected chi connectivity index (χ0v) is 10.5. The van der Waals surface area contributed by atoms with E-state index in [-0.39, 0.29) is 22.9 Å². The van der Waals surface area contributed by atoms with Crippen LogP contribution in [-0.2, 0) is 0 Å². The van der Waals surface area contributed by atoms with Crippen molar-refractivity contribution in [2.24, 2.45) is 0 Å². The van der Waals surface area contributed by atoms with Gasteiger partial charge in [-0.25, -0.2) is 14.6 Å². The Balaban J connectivity index is 0.000000211. The number of hydrogen-bond acceptors (Lipinski definition) is 6. The van der Waals surface area contributed by atoms with Crippen LogP contribution in [0, 0.1) is 0 Å². The first-order valence-corrected chi connectivity index (χ1v) is 5.48. The highest BCUT2D eigenvalue weighted by molar-refractivity contribution is 5.88. The first kappa shape index (κ1) is 15.8. The van der Waals surface area contributed by atoms with Crippen LogP contribution < -0.4 is 4.74 Å². The number of hydrogen-bond donors (Lipinski definition) is 4. The molecule has 0 bridgehead atoms. The lowest BCUT2D eigenvalue weighted by atomic mass is 10.3. The molecule has 0 atom stereocenters. The number of carboxylic acid groups (broad SMARTS) is 2. The number of aromatic nitrogens is 1. The molecule has 0 spiro atoms. The van der Waals surface area contributed by atoms with Crippen molar-refractivity contribution in [3.05, 3.63) is 48.3 Å². The third-order valence-electron chi connectivity index (χ3n) is 2.05. The number of phenolic OH excluding ortho intramolecular Hbond substituents is 1. The van der Waals surface area contributed by atoms with Crippen molar-refractivity contribution in [3.8, 4) is 17.2 Å². The molecule has 1 aromatic carbocycles. The third-order valence-corrected chi connectivity index (χ3v) is 2.05. The molecule has 0 aliphatic carbocycles. The summed E-state index contributed by atoms with van der Waals surface area (Å²) in [5.41, 5.74) is -0.317. The summed E-state index contributed by atoms with van der Waals surface area (Å²) in [5.74, 6) is -1.77. The van der Waals surface area contributed by atoms with Gasteiger partial charge in [-0.1, -0.05) is 12.1 Å². The van der Waals surface area contributed by atoms with E-state index in [9.17, 15) is 9.59 Å². The summed E-state index contributed by atoms with van der Waals surface area (Å²) < 4.78 is 4.21. The predicted octanol–water partition coefficient (Wildman–Crippen LogP) is 1.93. The number of aromatic hydroxyl groups is 2. The van der Waals surface area contributed by atoms with Crippen LogP contribution in [0.1, 0.15) is 10.5 Å². The summed E-state index contributed by atoms with van der Waals surface area (Å²) in [6.45, 7) is 0. The van der Waals surface area contributed by atoms with Gasteiger partial charge in [0.1, 0.15) is 5.75 Å². The highest BCUT2D eigenvalue weighted by Crippen LogP contribution is 2.24. The second-order valence-corrected chi connectivity index (χ2v) is 3.51. The Labute approximate surface area is 118 Å². The van der Waals surface area contributed by atoms with Gasteiger partial charge in [0.25, 0.3) is 0 Å². The van der Waals surface area contributed by atoms with Gasteiger partial charge >= 0.3 is 12.1 Å². The normalized spacial score (nSPS) is 9.14. The number of aromatic carboxylic acids is 1. The average molecular weight is 293 g/mol. The van der Waals surface area contributed by atoms with Crippen LogP contribution in [0.2, 0.25) is 0 Å². The molecule has 8 heteroatoms. The van der Waals surface area contributed by atoms with E-state index in [0.29, 0.717) is 0 Å². The van der Waals surface area contributed by atoms with Gasteiger partial charge in [-0.2, -0.15) is 0 Å². The third kappa shape index (κ3) is 5.07. The lowest BCUT2D eigenvalue weighted by molar-refractivity contribution is 0.0687. The van der Waals surface area contributed by atoms with Gasteiger partial charge in [0, 0.05) is 6.20 Å². The molecule has 0 saturated carbocycles. The van der Waals surface area contributed by atoms with E-state index >= 15 is 0 Å². The quantitative estimate of drug-likeness (QED) is 0.487. The van der Waals surface area contributed by atoms with E-state index in [4.69, 9.17) is 20.4 Å². The molecule has 2 aromatic rings. The zero-order chi connectivity index (χ0) is 15.8. The molecule has 0 amide bonds. The number of pyridine rings is 1. The zero-order valence-electron chi connectivity index (χ0n) is 10.5. The maximum Gasteiger partial charge on any atom is 0.511 e. The van der Waals surface area contributed by atoms with Gasteiger partial charge in [-0.05, 0) is 24.3 Å². The van der Waals surface area contributed by atoms with Gasteiger partial charge in [0.05, 0.1) is 0 Å². The second kappa shape index (κ2) is 7.34. The fourth-order valence-corrected chi connectivity index (χ4v) is 1.20. The van der Waals surface area contributed by atoms with Gasteiger partial charge in [-0.15, -0.1) is 0 Å². The highest BCUT2D eigenvalue weighted by Gasteiger charge is 2.08. The maximum atomic E-state index is 10.2. The summed E-state index contributed by atoms with van der Waals surface area (Å²) in [7, 11) is 0. The molecular weight excluding hydrogens is 282 g/mol. The van der Waals surface area contributed by atoms with Crippen LogP contribution in [0.4, 0.5) is 4.79 Å². The molecule has 4 N–H and O–H groups in total. The van der Waals surface area contributed by atoms with Crippen LogP contribution in [0.3, 0.4) is 0 Å². The average Bonchev–Trinajstić information content (AvgIpc) is 2.42. The number of benzene rings is 1. The van der Waals surface area contributed by atoms with Crippen LogP contribution >= 0.6 is 0 Å². The van der Waals surface area contributed by atoms with E-state index in [2.05, 4.69) is 9.72 Å². The summed E-state index contributed by atoms with van der Waals surface area (Å²) in [6.07, 6.45) is -0.130. The van der Waals surface area contributed by atoms with E-state index in [0.717, 1.165) is 0 Å². The van der Waals surface area contributed by atoms with Crippen LogP contribution in [-0.4, -0.2) is 37.5 Å². The minimum absolute atomic E-state index is 0.0556. The lowest BCUT2D eigenvalue weighted by Gasteiger charge is -2.00. The Bertz CT molecular complexity index is 642. The fourth-order valence-electron chi connectivity index (χ4n) is 1.20. The molecule has 110 valence electrons. The Morgan fingerprint density at radius 2 is 1.57 bits per heavy atom. The summed E-state index contributed by atoms with van der Waals surface area (Å²) in [6, 6.07) is 8.59. The minimum Gasteiger partial charge on any atom is -0.505 e. The van der Waals surface area contributed by atoms with E-state index in [1.807, 2.05) is 0 Å². The standard InChI is InChI=1S/C7H6O4.C6H5NO3/c8-5-3-1-2-4-6(5)11-7(9)10;8-4-2-1-3-7-5(4)6(9)10/h1-4,8H,(H,9,10);1-3,8H,(H,9,10). The summed E-state index contributed by atoms with van der Waals surface area (Å²) >= 11 is 0. The van der Waals surface area contributed by atoms with Crippen molar-refractivity contribution in [3.63, 3.8) is 0 Å². The van der Waals surface area contributed by atoms with Gasteiger partial charge in [0.15, 0.2) is 17.2 Å². The number of ether oxygens (including phenoxy) is 1. The van der Waals surface area contributed by atoms with Crippen LogP contribution in [0.15, 0.2) is 42.6 Å². The van der Waals surface area contributed by atoms with Crippen molar-refractivity contribution in [1.82, 2.24) is 4.98 Å². The predicted molar refractivity (Wildman–Crippen MR) is 69.6 cm³/mol. The van der Waals surface area contributed by atoms with Crippen molar-refractivity contribution in [2.75, 3.05) is 0 Å². The van der Waals surface area contributed by atoms with Crippen molar-refractivity contribution in [1.29, 1.82) is 0 Å². The maximum absolute atomic E-state index is 10.2. The number of carbonyl (C=O) groups is 2. The Morgan fingerprint density at radius 3 is 2.05 bits per heavy atom. The molecule has 0 fully saturated rings. The lowest BCUT2D eigenvalue weighted by Crippen LogP contribution is -2.02. The number of para-hydroxylation sites is 2. The minimum atomic E-state index is -1.44. The van der Waals surface area contributed by atoms with Gasteiger partial charge in [0.2, 0.25) is 0 Å². The van der Waals surface area contributed by atoms with Crippen molar-refractivity contribution >= 4 is 12.1 Å². The smallest absolute Gasteiger partial charge is 0.505 e. The molecule has 0 radical (unpaired) electrons. The van der Waals surface area contributed by atoms with Gasteiger partial charge < -0.3 is 25.2 Å². The first-order valence-electron chi connectivity index (χ1n) is 5.48. The topological polar surface area (TPSA) is 137 Å². The molecular formula is C13H11NO7.